The van der Waals surface area contributed by atoms with Crippen LogP contribution in [-0.4, -0.2) is 54.1 Å². The number of hydrogen-bond acceptors (Lipinski definition) is 5. The lowest BCUT2D eigenvalue weighted by Crippen LogP contribution is -2.52. The molecule has 1 saturated heterocycles. The summed E-state index contributed by atoms with van der Waals surface area (Å²) in [7, 11) is 0. The molecule has 1 aliphatic heterocycles. The van der Waals surface area contributed by atoms with Crippen LogP contribution >= 0.6 is 0 Å². The Kier molecular flexibility index (Phi) is 3.75. The van der Waals surface area contributed by atoms with Crippen molar-refractivity contribution < 1.29 is 14.7 Å². The van der Waals surface area contributed by atoms with Crippen molar-refractivity contribution in [3.8, 4) is 0 Å². The number of rotatable bonds is 2. The Hall–Kier alpha value is -2.51. The van der Waals surface area contributed by atoms with E-state index in [4.69, 9.17) is 0 Å². The fourth-order valence-electron chi connectivity index (χ4n) is 3.18. The zero-order valence-electron chi connectivity index (χ0n) is 13.4. The summed E-state index contributed by atoms with van der Waals surface area (Å²) in [5.41, 5.74) is 1.61. The van der Waals surface area contributed by atoms with Crippen molar-refractivity contribution in [1.82, 2.24) is 24.5 Å². The van der Waals surface area contributed by atoms with Crippen LogP contribution in [0.2, 0.25) is 0 Å². The lowest BCUT2D eigenvalue weighted by atomic mass is 9.90. The summed E-state index contributed by atoms with van der Waals surface area (Å²) in [5.74, 6) is -1.19. The standard InChI is InChI=1S/C15H19N5O3/c1-8-5-4-6-19(11(8)14(22)23)13(21)12-17-15-16-9(2)7-10(3)20(15)18-12/h7-8,11H,4-6H2,1-3H3,(H,22,23). The minimum Gasteiger partial charge on any atom is -0.480 e. The first-order valence-electron chi connectivity index (χ1n) is 7.63. The van der Waals surface area contributed by atoms with E-state index < -0.39 is 17.9 Å². The maximum absolute atomic E-state index is 12.7. The van der Waals surface area contributed by atoms with Crippen molar-refractivity contribution in [3.63, 3.8) is 0 Å². The molecule has 1 aliphatic rings. The molecule has 0 aromatic carbocycles. The second-order valence-electron chi connectivity index (χ2n) is 6.09. The van der Waals surface area contributed by atoms with Gasteiger partial charge in [-0.25, -0.2) is 14.3 Å². The Balaban J connectivity index is 1.99. The summed E-state index contributed by atoms with van der Waals surface area (Å²) in [6, 6.07) is 1.01. The van der Waals surface area contributed by atoms with Gasteiger partial charge in [-0.3, -0.25) is 4.79 Å². The molecule has 1 amide bonds. The first-order valence-corrected chi connectivity index (χ1v) is 7.63. The van der Waals surface area contributed by atoms with E-state index in [1.165, 1.54) is 9.42 Å². The average molecular weight is 317 g/mol. The Bertz CT molecular complexity index is 785. The van der Waals surface area contributed by atoms with Crippen molar-refractivity contribution >= 4 is 17.7 Å². The van der Waals surface area contributed by atoms with Crippen LogP contribution in [0.25, 0.3) is 5.78 Å². The number of nitrogens with zero attached hydrogens (tertiary/aromatic N) is 5. The number of aromatic nitrogens is 4. The van der Waals surface area contributed by atoms with Crippen LogP contribution in [-0.2, 0) is 4.79 Å². The number of fused-ring (bicyclic) bond motifs is 1. The third-order valence-corrected chi connectivity index (χ3v) is 4.26. The fourth-order valence-corrected chi connectivity index (χ4v) is 3.18. The van der Waals surface area contributed by atoms with Crippen LogP contribution in [0.15, 0.2) is 6.07 Å². The van der Waals surface area contributed by atoms with Gasteiger partial charge in [0.1, 0.15) is 6.04 Å². The molecule has 122 valence electrons. The van der Waals surface area contributed by atoms with Gasteiger partial charge in [-0.15, -0.1) is 5.10 Å². The molecule has 0 radical (unpaired) electrons. The Morgan fingerprint density at radius 2 is 2.04 bits per heavy atom. The number of amides is 1. The van der Waals surface area contributed by atoms with E-state index in [9.17, 15) is 14.7 Å². The Morgan fingerprint density at radius 3 is 2.74 bits per heavy atom. The number of aryl methyl sites for hydroxylation is 2. The summed E-state index contributed by atoms with van der Waals surface area (Å²) in [5, 5.41) is 13.6. The van der Waals surface area contributed by atoms with Gasteiger partial charge in [-0.2, -0.15) is 4.98 Å². The third kappa shape index (κ3) is 2.64. The summed E-state index contributed by atoms with van der Waals surface area (Å²) in [6.45, 7) is 5.95. The molecule has 0 bridgehead atoms. The summed E-state index contributed by atoms with van der Waals surface area (Å²) in [4.78, 5) is 34.1. The smallest absolute Gasteiger partial charge is 0.326 e. The lowest BCUT2D eigenvalue weighted by molar-refractivity contribution is -0.145. The van der Waals surface area contributed by atoms with Gasteiger partial charge >= 0.3 is 5.97 Å². The number of likely N-dealkylation sites (tertiary alicyclic amines) is 1. The molecule has 8 heteroatoms. The van der Waals surface area contributed by atoms with E-state index in [1.807, 2.05) is 26.8 Å². The van der Waals surface area contributed by atoms with Crippen molar-refractivity contribution in [3.05, 3.63) is 23.3 Å². The highest BCUT2D eigenvalue weighted by Gasteiger charge is 2.38. The van der Waals surface area contributed by atoms with Crippen LogP contribution < -0.4 is 0 Å². The fraction of sp³-hybridized carbons (Fsp3) is 0.533. The highest BCUT2D eigenvalue weighted by atomic mass is 16.4. The van der Waals surface area contributed by atoms with E-state index in [-0.39, 0.29) is 11.7 Å². The highest BCUT2D eigenvalue weighted by molar-refractivity contribution is 5.94. The van der Waals surface area contributed by atoms with Crippen molar-refractivity contribution in [2.75, 3.05) is 6.54 Å². The van der Waals surface area contributed by atoms with Crippen LogP contribution in [0.1, 0.15) is 41.8 Å². The van der Waals surface area contributed by atoms with E-state index in [0.29, 0.717) is 12.3 Å². The SMILES string of the molecule is Cc1cc(C)n2nc(C(=O)N3CCCC(C)C3C(=O)O)nc2n1. The van der Waals surface area contributed by atoms with Crippen molar-refractivity contribution in [2.45, 2.75) is 39.7 Å². The lowest BCUT2D eigenvalue weighted by Gasteiger charge is -2.36. The normalized spacial score (nSPS) is 21.6. The quantitative estimate of drug-likeness (QED) is 0.889. The van der Waals surface area contributed by atoms with Crippen LogP contribution in [0.5, 0.6) is 0 Å². The van der Waals surface area contributed by atoms with Gasteiger partial charge in [0.15, 0.2) is 0 Å². The molecule has 2 atom stereocenters. The van der Waals surface area contributed by atoms with Crippen molar-refractivity contribution in [1.29, 1.82) is 0 Å². The molecule has 23 heavy (non-hydrogen) atoms. The molecule has 0 aliphatic carbocycles. The number of aliphatic carboxylic acids is 1. The monoisotopic (exact) mass is 317 g/mol. The maximum atomic E-state index is 12.7. The van der Waals surface area contributed by atoms with Gasteiger partial charge in [0.2, 0.25) is 5.82 Å². The van der Waals surface area contributed by atoms with Crippen molar-refractivity contribution in [2.24, 2.45) is 5.92 Å². The minimum absolute atomic E-state index is 0.00782. The zero-order chi connectivity index (χ0) is 16.7. The molecule has 1 fully saturated rings. The number of carbonyl (C=O) groups excluding carboxylic acids is 1. The van der Waals surface area contributed by atoms with Crippen LogP contribution in [0.3, 0.4) is 0 Å². The van der Waals surface area contributed by atoms with E-state index in [2.05, 4.69) is 15.1 Å². The average Bonchev–Trinajstić information content (AvgIpc) is 2.90. The topological polar surface area (TPSA) is 101 Å². The van der Waals surface area contributed by atoms with Gasteiger partial charge in [-0.05, 0) is 38.7 Å². The maximum Gasteiger partial charge on any atom is 0.326 e. The molecule has 1 N–H and O–H groups in total. The molecule has 2 unspecified atom stereocenters. The predicted molar refractivity (Wildman–Crippen MR) is 81.1 cm³/mol. The molecular formula is C15H19N5O3. The highest BCUT2D eigenvalue weighted by Crippen LogP contribution is 2.24. The molecule has 2 aromatic heterocycles. The van der Waals surface area contributed by atoms with E-state index in [1.54, 1.807) is 0 Å². The Morgan fingerprint density at radius 1 is 1.30 bits per heavy atom. The molecule has 3 rings (SSSR count). The number of carbonyl (C=O) groups is 2. The molecule has 8 nitrogen and oxygen atoms in total. The predicted octanol–water partition coefficient (Wildman–Crippen LogP) is 1.07. The third-order valence-electron chi connectivity index (χ3n) is 4.26. The second kappa shape index (κ2) is 5.60. The van der Waals surface area contributed by atoms with Crippen LogP contribution in [0.4, 0.5) is 0 Å². The Labute approximate surface area is 133 Å². The second-order valence-corrected chi connectivity index (χ2v) is 6.09. The zero-order valence-corrected chi connectivity index (χ0v) is 13.4. The summed E-state index contributed by atoms with van der Waals surface area (Å²) < 4.78 is 1.50. The minimum atomic E-state index is -0.987. The summed E-state index contributed by atoms with van der Waals surface area (Å²) in [6.07, 6.45) is 1.57. The summed E-state index contributed by atoms with van der Waals surface area (Å²) >= 11 is 0. The molecule has 3 heterocycles. The molecule has 0 spiro atoms. The first-order chi connectivity index (χ1) is 10.9. The number of carboxylic acid groups (broad SMARTS) is 1. The van der Waals surface area contributed by atoms with Crippen LogP contribution in [0, 0.1) is 19.8 Å². The first kappa shape index (κ1) is 15.4. The van der Waals surface area contributed by atoms with Gasteiger partial charge in [0.05, 0.1) is 0 Å². The van der Waals surface area contributed by atoms with Gasteiger partial charge in [-0.1, -0.05) is 6.92 Å². The van der Waals surface area contributed by atoms with Gasteiger partial charge in [0.25, 0.3) is 11.7 Å². The number of hydrogen-bond donors (Lipinski definition) is 1. The molecule has 0 saturated carbocycles. The number of piperidine rings is 1. The molecular weight excluding hydrogens is 298 g/mol. The largest absolute Gasteiger partial charge is 0.480 e. The van der Waals surface area contributed by atoms with E-state index in [0.717, 1.165) is 24.2 Å². The number of carboxylic acids is 1. The van der Waals surface area contributed by atoms with Gasteiger partial charge in [0, 0.05) is 17.9 Å². The van der Waals surface area contributed by atoms with Gasteiger partial charge < -0.3 is 10.0 Å². The van der Waals surface area contributed by atoms with E-state index >= 15 is 0 Å². The molecule has 2 aromatic rings.